The van der Waals surface area contributed by atoms with E-state index in [1.807, 2.05) is 0 Å². The molecule has 0 aliphatic carbocycles. The Morgan fingerprint density at radius 1 is 0.929 bits per heavy atom. The van der Waals surface area contributed by atoms with Gasteiger partial charge in [-0.1, -0.05) is 69.3 Å². The molecule has 0 radical (unpaired) electrons. The summed E-state index contributed by atoms with van der Waals surface area (Å²) in [5.74, 6) is 0. The van der Waals surface area contributed by atoms with Crippen LogP contribution in [0.4, 0.5) is 0 Å². The lowest BCUT2D eigenvalue weighted by atomic mass is 9.85. The molecule has 3 aromatic carbocycles. The van der Waals surface area contributed by atoms with Gasteiger partial charge in [0.15, 0.2) is 0 Å². The molecule has 0 unspecified atom stereocenters. The van der Waals surface area contributed by atoms with Gasteiger partial charge in [-0.05, 0) is 64.4 Å². The smallest absolute Gasteiger partial charge is 0.0517 e. The first-order valence-corrected chi connectivity index (χ1v) is 10.4. The van der Waals surface area contributed by atoms with E-state index in [-0.39, 0.29) is 5.41 Å². The highest BCUT2D eigenvalue weighted by Gasteiger charge is 2.25. The number of benzene rings is 3. The van der Waals surface area contributed by atoms with Crippen molar-refractivity contribution in [2.45, 2.75) is 45.1 Å². The molecule has 2 heterocycles. The van der Waals surface area contributed by atoms with Crippen molar-refractivity contribution in [3.63, 3.8) is 0 Å². The minimum absolute atomic E-state index is 0.174. The van der Waals surface area contributed by atoms with E-state index in [1.54, 1.807) is 0 Å². The normalized spacial score (nSPS) is 17.2. The van der Waals surface area contributed by atoms with Crippen LogP contribution in [0, 0.1) is 0 Å². The summed E-state index contributed by atoms with van der Waals surface area (Å²) in [4.78, 5) is 3.75. The summed E-state index contributed by atoms with van der Waals surface area (Å²) >= 11 is 0. The average molecular weight is 369 g/mol. The van der Waals surface area contributed by atoms with Gasteiger partial charge in [0.1, 0.15) is 0 Å². The quantitative estimate of drug-likeness (QED) is 0.443. The molecular formula is C26H28N2. The zero-order valence-electron chi connectivity index (χ0n) is 17.0. The maximum atomic E-state index is 3.76. The molecule has 142 valence electrons. The number of nitrogens with one attached hydrogen (secondary N) is 2. The van der Waals surface area contributed by atoms with E-state index >= 15 is 0 Å². The fourth-order valence-electron chi connectivity index (χ4n) is 4.64. The van der Waals surface area contributed by atoms with E-state index in [0.29, 0.717) is 6.04 Å². The van der Waals surface area contributed by atoms with Gasteiger partial charge in [-0.15, -0.1) is 0 Å². The molecule has 1 aliphatic heterocycles. The highest BCUT2D eigenvalue weighted by Crippen LogP contribution is 2.35. The number of aromatic amines is 1. The second-order valence-corrected chi connectivity index (χ2v) is 9.13. The van der Waals surface area contributed by atoms with E-state index in [2.05, 4.69) is 91.7 Å². The third-order valence-corrected chi connectivity index (χ3v) is 6.22. The number of hydrogen-bond donors (Lipinski definition) is 2. The molecule has 0 fully saturated rings. The Labute approximate surface area is 167 Å². The van der Waals surface area contributed by atoms with Crippen LogP contribution in [0.3, 0.4) is 0 Å². The molecule has 0 amide bonds. The highest BCUT2D eigenvalue weighted by atomic mass is 15.0. The molecule has 1 aliphatic rings. The number of fused-ring (bicyclic) bond motifs is 4. The largest absolute Gasteiger partial charge is 0.357 e. The zero-order chi connectivity index (χ0) is 19.3. The van der Waals surface area contributed by atoms with E-state index in [4.69, 9.17) is 0 Å². The van der Waals surface area contributed by atoms with Gasteiger partial charge in [-0.3, -0.25) is 0 Å². The van der Waals surface area contributed by atoms with Gasteiger partial charge in [0.05, 0.1) is 6.04 Å². The SMILES string of the molecule is CC(C)(C)c1ccc2[nH]c3c(c2c1)CCN[C@H]3Cc1cccc2ccccc12. The first-order chi connectivity index (χ1) is 13.5. The predicted octanol–water partition coefficient (Wildman–Crippen LogP) is 6.05. The lowest BCUT2D eigenvalue weighted by Gasteiger charge is -2.25. The van der Waals surface area contributed by atoms with Crippen molar-refractivity contribution in [1.29, 1.82) is 0 Å². The van der Waals surface area contributed by atoms with E-state index in [1.165, 1.54) is 44.1 Å². The molecule has 1 atom stereocenters. The number of aromatic nitrogens is 1. The van der Waals surface area contributed by atoms with Crippen LogP contribution in [-0.2, 0) is 18.3 Å². The van der Waals surface area contributed by atoms with Crippen LogP contribution in [0.25, 0.3) is 21.7 Å². The Morgan fingerprint density at radius 2 is 1.75 bits per heavy atom. The van der Waals surface area contributed by atoms with Gasteiger partial charge in [0.2, 0.25) is 0 Å². The van der Waals surface area contributed by atoms with Gasteiger partial charge < -0.3 is 10.3 Å². The van der Waals surface area contributed by atoms with Crippen molar-refractivity contribution in [3.8, 4) is 0 Å². The molecule has 0 spiro atoms. The Bertz CT molecular complexity index is 1150. The fraction of sp³-hybridized carbons (Fsp3) is 0.308. The lowest BCUT2D eigenvalue weighted by molar-refractivity contribution is 0.496. The van der Waals surface area contributed by atoms with Crippen LogP contribution in [0.2, 0.25) is 0 Å². The topological polar surface area (TPSA) is 27.8 Å². The van der Waals surface area contributed by atoms with Gasteiger partial charge in [-0.25, -0.2) is 0 Å². The monoisotopic (exact) mass is 368 g/mol. The minimum atomic E-state index is 0.174. The summed E-state index contributed by atoms with van der Waals surface area (Å²) < 4.78 is 0. The second kappa shape index (κ2) is 6.49. The van der Waals surface area contributed by atoms with E-state index in [9.17, 15) is 0 Å². The summed E-state index contributed by atoms with van der Waals surface area (Å²) in [6.07, 6.45) is 2.10. The van der Waals surface area contributed by atoms with Crippen molar-refractivity contribution >= 4 is 21.7 Å². The summed E-state index contributed by atoms with van der Waals surface area (Å²) in [6, 6.07) is 22.7. The molecule has 2 nitrogen and oxygen atoms in total. The second-order valence-electron chi connectivity index (χ2n) is 9.13. The Hall–Kier alpha value is -2.58. The molecule has 2 heteroatoms. The standard InChI is InChI=1S/C26H28N2/c1-26(2,3)19-11-12-23-22(16-19)21-13-14-27-24(25(21)28-23)15-18-9-6-8-17-7-4-5-10-20(17)18/h4-12,16,24,27-28H,13-15H2,1-3H3/t24-/m0/s1. The van der Waals surface area contributed by atoms with Gasteiger partial charge in [0, 0.05) is 16.6 Å². The average Bonchev–Trinajstić information content (AvgIpc) is 3.07. The molecule has 0 bridgehead atoms. The van der Waals surface area contributed by atoms with Crippen LogP contribution in [0.1, 0.15) is 49.2 Å². The van der Waals surface area contributed by atoms with Crippen molar-refractivity contribution in [2.75, 3.05) is 6.54 Å². The Kier molecular flexibility index (Phi) is 4.06. The predicted molar refractivity (Wildman–Crippen MR) is 119 cm³/mol. The van der Waals surface area contributed by atoms with Crippen molar-refractivity contribution in [3.05, 3.63) is 83.0 Å². The van der Waals surface area contributed by atoms with Crippen LogP contribution in [0.5, 0.6) is 0 Å². The Morgan fingerprint density at radius 3 is 2.61 bits per heavy atom. The summed E-state index contributed by atoms with van der Waals surface area (Å²) in [5, 5.41) is 7.86. The van der Waals surface area contributed by atoms with Crippen molar-refractivity contribution in [1.82, 2.24) is 10.3 Å². The maximum absolute atomic E-state index is 3.76. The highest BCUT2D eigenvalue weighted by molar-refractivity contribution is 5.87. The van der Waals surface area contributed by atoms with Gasteiger partial charge >= 0.3 is 0 Å². The first-order valence-electron chi connectivity index (χ1n) is 10.4. The lowest BCUT2D eigenvalue weighted by Crippen LogP contribution is -2.31. The molecule has 2 N–H and O–H groups in total. The van der Waals surface area contributed by atoms with E-state index in [0.717, 1.165) is 19.4 Å². The third kappa shape index (κ3) is 2.93. The number of hydrogen-bond acceptors (Lipinski definition) is 1. The van der Waals surface area contributed by atoms with E-state index < -0.39 is 0 Å². The summed E-state index contributed by atoms with van der Waals surface area (Å²) in [7, 11) is 0. The minimum Gasteiger partial charge on any atom is -0.357 e. The first kappa shape index (κ1) is 17.5. The van der Waals surface area contributed by atoms with Crippen molar-refractivity contribution < 1.29 is 0 Å². The number of H-pyrrole nitrogens is 1. The van der Waals surface area contributed by atoms with Crippen LogP contribution >= 0.6 is 0 Å². The molecular weight excluding hydrogens is 340 g/mol. The van der Waals surface area contributed by atoms with Crippen LogP contribution in [-0.4, -0.2) is 11.5 Å². The molecule has 0 saturated carbocycles. The zero-order valence-corrected chi connectivity index (χ0v) is 17.0. The molecule has 5 rings (SSSR count). The molecule has 28 heavy (non-hydrogen) atoms. The summed E-state index contributed by atoms with van der Waals surface area (Å²) in [5.41, 5.74) is 7.14. The van der Waals surface area contributed by atoms with Gasteiger partial charge in [0.25, 0.3) is 0 Å². The molecule has 1 aromatic heterocycles. The Balaban J connectivity index is 1.57. The van der Waals surface area contributed by atoms with Crippen LogP contribution < -0.4 is 5.32 Å². The molecule has 0 saturated heterocycles. The third-order valence-electron chi connectivity index (χ3n) is 6.22. The van der Waals surface area contributed by atoms with Crippen LogP contribution in [0.15, 0.2) is 60.7 Å². The maximum Gasteiger partial charge on any atom is 0.0517 e. The van der Waals surface area contributed by atoms with Crippen molar-refractivity contribution in [2.24, 2.45) is 0 Å². The van der Waals surface area contributed by atoms with Gasteiger partial charge in [-0.2, -0.15) is 0 Å². The number of rotatable bonds is 2. The fourth-order valence-corrected chi connectivity index (χ4v) is 4.64. The molecule has 4 aromatic rings. The summed E-state index contributed by atoms with van der Waals surface area (Å²) in [6.45, 7) is 7.91.